The molecule has 0 aromatic heterocycles. The van der Waals surface area contributed by atoms with Crippen LogP contribution in [-0.4, -0.2) is 59.1 Å². The number of nitrogens with one attached hydrogen (secondary N) is 2. The second-order valence-corrected chi connectivity index (χ2v) is 9.94. The van der Waals surface area contributed by atoms with Gasteiger partial charge in [-0.25, -0.2) is 0 Å². The molecule has 1 aromatic carbocycles. The molecule has 1 aliphatic heterocycles. The Hall–Kier alpha value is -2.13. The number of carbonyl (C=O) groups excluding carboxylic acids is 2. The number of aliphatic hydroxyl groups excluding tert-OH is 1. The Kier molecular flexibility index (Phi) is 8.62. The van der Waals surface area contributed by atoms with E-state index >= 15 is 0 Å². The minimum absolute atomic E-state index is 0.0646. The topological polar surface area (TPSA) is 81.7 Å². The Balaban J connectivity index is 1.66. The minimum Gasteiger partial charge on any atom is -0.393 e. The van der Waals surface area contributed by atoms with Gasteiger partial charge in [0.25, 0.3) is 5.91 Å². The van der Waals surface area contributed by atoms with Gasteiger partial charge in [0.15, 0.2) is 0 Å². The molecule has 1 aromatic rings. The molecule has 2 fully saturated rings. The molecule has 1 saturated heterocycles. The number of carbonyl (C=O) groups is 2. The van der Waals surface area contributed by atoms with Gasteiger partial charge in [-0.1, -0.05) is 26.8 Å². The molecule has 0 spiro atoms. The zero-order valence-corrected chi connectivity index (χ0v) is 20.1. The number of aliphatic hydroxyl groups is 1. The monoisotopic (exact) mass is 483 g/mol. The summed E-state index contributed by atoms with van der Waals surface area (Å²) in [6.45, 7) is 7.57. The molecular formula is C25H36F3N3O3. The van der Waals surface area contributed by atoms with Crippen molar-refractivity contribution in [3.05, 3.63) is 35.4 Å². The first-order chi connectivity index (χ1) is 16.0. The van der Waals surface area contributed by atoms with Crippen LogP contribution in [0, 0.1) is 11.8 Å². The molecule has 2 unspecified atom stereocenters. The third kappa shape index (κ3) is 6.30. The van der Waals surface area contributed by atoms with Crippen molar-refractivity contribution in [2.75, 3.05) is 13.1 Å². The molecule has 1 aliphatic carbocycles. The minimum atomic E-state index is -4.55. The Morgan fingerprint density at radius 3 is 2.62 bits per heavy atom. The molecule has 0 radical (unpaired) electrons. The van der Waals surface area contributed by atoms with Gasteiger partial charge >= 0.3 is 6.18 Å². The number of benzene rings is 1. The van der Waals surface area contributed by atoms with Crippen molar-refractivity contribution in [3.8, 4) is 0 Å². The van der Waals surface area contributed by atoms with Gasteiger partial charge in [0, 0.05) is 30.1 Å². The van der Waals surface area contributed by atoms with Crippen molar-refractivity contribution < 1.29 is 27.9 Å². The lowest BCUT2D eigenvalue weighted by molar-refractivity contribution is -0.137. The summed E-state index contributed by atoms with van der Waals surface area (Å²) >= 11 is 0. The first-order valence-electron chi connectivity index (χ1n) is 12.2. The normalized spacial score (nSPS) is 26.7. The van der Waals surface area contributed by atoms with E-state index in [2.05, 4.69) is 24.5 Å². The van der Waals surface area contributed by atoms with Gasteiger partial charge in [0.05, 0.1) is 11.7 Å². The van der Waals surface area contributed by atoms with Crippen LogP contribution in [0.25, 0.3) is 0 Å². The maximum absolute atomic E-state index is 13.2. The molecule has 5 atom stereocenters. The van der Waals surface area contributed by atoms with Crippen LogP contribution in [0.4, 0.5) is 13.2 Å². The Morgan fingerprint density at radius 2 is 1.97 bits per heavy atom. The number of alkyl halides is 3. The lowest BCUT2D eigenvalue weighted by Crippen LogP contribution is -2.53. The maximum atomic E-state index is 13.2. The molecule has 6 nitrogen and oxygen atoms in total. The van der Waals surface area contributed by atoms with Crippen LogP contribution < -0.4 is 10.6 Å². The van der Waals surface area contributed by atoms with Crippen LogP contribution in [0.15, 0.2) is 24.3 Å². The summed E-state index contributed by atoms with van der Waals surface area (Å²) in [5.41, 5.74) is -1.03. The van der Waals surface area contributed by atoms with Crippen molar-refractivity contribution in [2.24, 2.45) is 11.8 Å². The molecule has 1 saturated carbocycles. The zero-order valence-electron chi connectivity index (χ0n) is 20.1. The van der Waals surface area contributed by atoms with Crippen molar-refractivity contribution in [3.63, 3.8) is 0 Å². The van der Waals surface area contributed by atoms with E-state index in [1.165, 1.54) is 12.1 Å². The summed E-state index contributed by atoms with van der Waals surface area (Å²) in [6.07, 6.45) is -1.65. The Morgan fingerprint density at radius 1 is 1.24 bits per heavy atom. The Labute approximate surface area is 199 Å². The van der Waals surface area contributed by atoms with Crippen LogP contribution in [0.2, 0.25) is 0 Å². The molecule has 190 valence electrons. The fourth-order valence-corrected chi connectivity index (χ4v) is 5.12. The van der Waals surface area contributed by atoms with Gasteiger partial charge in [-0.2, -0.15) is 13.2 Å². The second-order valence-electron chi connectivity index (χ2n) is 9.94. The highest BCUT2D eigenvalue weighted by Gasteiger charge is 2.44. The Bertz CT molecular complexity index is 861. The molecule has 0 bridgehead atoms. The summed E-state index contributed by atoms with van der Waals surface area (Å²) in [5.74, 6) is -0.468. The predicted molar refractivity (Wildman–Crippen MR) is 123 cm³/mol. The van der Waals surface area contributed by atoms with E-state index in [0.717, 1.165) is 37.9 Å². The summed E-state index contributed by atoms with van der Waals surface area (Å²) in [6, 6.07) is 3.59. The van der Waals surface area contributed by atoms with E-state index in [4.69, 9.17) is 0 Å². The van der Waals surface area contributed by atoms with Crippen LogP contribution in [0.5, 0.6) is 0 Å². The molecule has 1 heterocycles. The van der Waals surface area contributed by atoms with Crippen molar-refractivity contribution in [1.29, 1.82) is 0 Å². The molecule has 2 amide bonds. The molecule has 34 heavy (non-hydrogen) atoms. The predicted octanol–water partition coefficient (Wildman–Crippen LogP) is 3.59. The van der Waals surface area contributed by atoms with Gasteiger partial charge in [0.1, 0.15) is 6.04 Å². The number of amides is 2. The average Bonchev–Trinajstić information content (AvgIpc) is 3.16. The largest absolute Gasteiger partial charge is 0.416 e. The van der Waals surface area contributed by atoms with Gasteiger partial charge in [-0.05, 0) is 62.8 Å². The lowest BCUT2D eigenvalue weighted by atomic mass is 9.77. The van der Waals surface area contributed by atoms with E-state index in [-0.39, 0.29) is 23.4 Å². The van der Waals surface area contributed by atoms with Crippen LogP contribution in [0.3, 0.4) is 0 Å². The molecule has 3 rings (SSSR count). The maximum Gasteiger partial charge on any atom is 0.416 e. The fraction of sp³-hybridized carbons (Fsp3) is 0.680. The first kappa shape index (κ1) is 26.5. The SMILES string of the molecule is CCC(O)[C@@H]1C[C@H](NCC(C)C)CC[C@@H]1N1CCC(NC(=O)c2cccc(C(F)(F)F)c2)C1=O. The van der Waals surface area contributed by atoms with E-state index in [9.17, 15) is 27.9 Å². The van der Waals surface area contributed by atoms with Crippen molar-refractivity contribution in [2.45, 2.75) is 83.3 Å². The smallest absolute Gasteiger partial charge is 0.393 e. The number of hydrogen-bond donors (Lipinski definition) is 3. The quantitative estimate of drug-likeness (QED) is 0.528. The van der Waals surface area contributed by atoms with Gasteiger partial charge in [-0.3, -0.25) is 9.59 Å². The highest BCUT2D eigenvalue weighted by molar-refractivity contribution is 5.98. The van der Waals surface area contributed by atoms with Crippen LogP contribution in [0.1, 0.15) is 68.8 Å². The van der Waals surface area contributed by atoms with E-state index < -0.39 is 29.8 Å². The summed E-state index contributed by atoms with van der Waals surface area (Å²) in [7, 11) is 0. The van der Waals surface area contributed by atoms with E-state index in [1.54, 1.807) is 4.90 Å². The van der Waals surface area contributed by atoms with Crippen molar-refractivity contribution >= 4 is 11.8 Å². The second kappa shape index (κ2) is 11.1. The van der Waals surface area contributed by atoms with Crippen molar-refractivity contribution in [1.82, 2.24) is 15.5 Å². The van der Waals surface area contributed by atoms with Gasteiger partial charge < -0.3 is 20.6 Å². The summed E-state index contributed by atoms with van der Waals surface area (Å²) < 4.78 is 39.0. The average molecular weight is 484 g/mol. The van der Waals surface area contributed by atoms with E-state index in [0.29, 0.717) is 31.3 Å². The highest BCUT2D eigenvalue weighted by atomic mass is 19.4. The van der Waals surface area contributed by atoms with Crippen LogP contribution in [-0.2, 0) is 11.0 Å². The zero-order chi connectivity index (χ0) is 25.0. The molecular weight excluding hydrogens is 447 g/mol. The van der Waals surface area contributed by atoms with Gasteiger partial charge in [0.2, 0.25) is 5.91 Å². The summed E-state index contributed by atoms with van der Waals surface area (Å²) in [5, 5.41) is 16.9. The number of rotatable bonds is 8. The molecule has 2 aliphatic rings. The van der Waals surface area contributed by atoms with Crippen LogP contribution >= 0.6 is 0 Å². The highest BCUT2D eigenvalue weighted by Crippen LogP contribution is 2.35. The third-order valence-corrected chi connectivity index (χ3v) is 6.99. The fourth-order valence-electron chi connectivity index (χ4n) is 5.12. The van der Waals surface area contributed by atoms with Gasteiger partial charge in [-0.15, -0.1) is 0 Å². The number of hydrogen-bond acceptors (Lipinski definition) is 4. The molecule has 3 N–H and O–H groups in total. The third-order valence-electron chi connectivity index (χ3n) is 6.99. The lowest BCUT2D eigenvalue weighted by Gasteiger charge is -2.43. The standard InChI is InChI=1S/C25H36F3N3O3/c1-4-22(32)19-13-18(29-14-15(2)3)8-9-21(19)31-11-10-20(24(31)34)30-23(33)16-6-5-7-17(12-16)25(26,27)28/h5-7,12,15,18-22,29,32H,4,8-11,13-14H2,1-3H3,(H,30,33)/t18-,19-,20?,21+,22?/m1/s1. The number of nitrogens with zero attached hydrogens (tertiary/aromatic N) is 1. The number of likely N-dealkylation sites (tertiary alicyclic amines) is 1. The number of halogens is 3. The molecule has 9 heteroatoms. The first-order valence-corrected chi connectivity index (χ1v) is 12.2. The summed E-state index contributed by atoms with van der Waals surface area (Å²) in [4.78, 5) is 27.5. The van der Waals surface area contributed by atoms with E-state index in [1.807, 2.05) is 6.92 Å².